The van der Waals surface area contributed by atoms with Gasteiger partial charge in [0, 0.05) is 18.2 Å². The molecule has 1 fully saturated rings. The van der Waals surface area contributed by atoms with E-state index in [2.05, 4.69) is 11.9 Å². The van der Waals surface area contributed by atoms with E-state index in [1.165, 1.54) is 0 Å². The summed E-state index contributed by atoms with van der Waals surface area (Å²) < 4.78 is 23.9. The highest BCUT2D eigenvalue weighted by atomic mass is 19.1. The summed E-state index contributed by atoms with van der Waals surface area (Å²) in [5, 5.41) is 0. The first-order chi connectivity index (χ1) is 9.64. The van der Waals surface area contributed by atoms with Crippen LogP contribution in [-0.4, -0.2) is 39.3 Å². The number of hydrogen-bond donors (Lipinski definition) is 1. The molecule has 2 rings (SSSR count). The van der Waals surface area contributed by atoms with Gasteiger partial charge in [0.25, 0.3) is 0 Å². The molecular formula is C15H23FN2O2. The third-order valence-electron chi connectivity index (χ3n) is 4.05. The van der Waals surface area contributed by atoms with Crippen molar-refractivity contribution in [3.8, 4) is 11.5 Å². The summed E-state index contributed by atoms with van der Waals surface area (Å²) in [4.78, 5) is 2.25. The van der Waals surface area contributed by atoms with Crippen molar-refractivity contribution in [2.24, 2.45) is 11.7 Å². The van der Waals surface area contributed by atoms with E-state index < -0.39 is 6.67 Å². The maximum Gasteiger partial charge on any atom is 0.165 e. The highest BCUT2D eigenvalue weighted by molar-refractivity contribution is 5.51. The lowest BCUT2D eigenvalue weighted by atomic mass is 9.97. The molecule has 1 saturated heterocycles. The third kappa shape index (κ3) is 2.74. The molecule has 0 bridgehead atoms. The molecule has 4 nitrogen and oxygen atoms in total. The molecule has 2 unspecified atom stereocenters. The van der Waals surface area contributed by atoms with Crippen LogP contribution in [-0.2, 0) is 6.67 Å². The molecule has 0 radical (unpaired) electrons. The number of nitrogens with zero attached hydrogens (tertiary/aromatic N) is 1. The van der Waals surface area contributed by atoms with E-state index in [4.69, 9.17) is 15.2 Å². The van der Waals surface area contributed by atoms with Crippen LogP contribution in [0.5, 0.6) is 11.5 Å². The minimum Gasteiger partial charge on any atom is -0.493 e. The molecule has 0 amide bonds. The zero-order valence-corrected chi connectivity index (χ0v) is 12.4. The molecule has 1 heterocycles. The zero-order chi connectivity index (χ0) is 14.7. The van der Waals surface area contributed by atoms with Crippen LogP contribution < -0.4 is 15.2 Å². The van der Waals surface area contributed by atoms with Gasteiger partial charge in [-0.05, 0) is 43.6 Å². The average molecular weight is 282 g/mol. The maximum atomic E-state index is 13.1. The molecule has 1 aliphatic heterocycles. The second kappa shape index (κ2) is 6.41. The predicted octanol–water partition coefficient (Wildman–Crippen LogP) is 2.12. The van der Waals surface area contributed by atoms with Crippen molar-refractivity contribution in [1.29, 1.82) is 0 Å². The molecule has 20 heavy (non-hydrogen) atoms. The van der Waals surface area contributed by atoms with Gasteiger partial charge in [0.1, 0.15) is 6.67 Å². The van der Waals surface area contributed by atoms with Crippen LogP contribution in [0.1, 0.15) is 23.6 Å². The fourth-order valence-corrected chi connectivity index (χ4v) is 3.02. The number of halogens is 1. The monoisotopic (exact) mass is 282 g/mol. The highest BCUT2D eigenvalue weighted by Gasteiger charge is 2.32. The van der Waals surface area contributed by atoms with E-state index in [9.17, 15) is 4.39 Å². The Morgan fingerprint density at radius 1 is 1.35 bits per heavy atom. The lowest BCUT2D eigenvalue weighted by Gasteiger charge is -2.23. The van der Waals surface area contributed by atoms with Gasteiger partial charge in [-0.25, -0.2) is 4.39 Å². The fourth-order valence-electron chi connectivity index (χ4n) is 3.02. The van der Waals surface area contributed by atoms with Crippen LogP contribution in [0.25, 0.3) is 0 Å². The Morgan fingerprint density at radius 2 is 2.10 bits per heavy atom. The molecule has 0 aliphatic carbocycles. The van der Waals surface area contributed by atoms with E-state index in [1.807, 2.05) is 6.07 Å². The Bertz CT molecular complexity index is 467. The average Bonchev–Trinajstić information content (AvgIpc) is 2.86. The number of ether oxygens (including phenoxy) is 2. The normalized spacial score (nSPS) is 23.1. The van der Waals surface area contributed by atoms with Crippen molar-refractivity contribution >= 4 is 0 Å². The van der Waals surface area contributed by atoms with E-state index in [0.29, 0.717) is 29.5 Å². The number of methoxy groups -OCH3 is 2. The summed E-state index contributed by atoms with van der Waals surface area (Å²) in [7, 11) is 5.25. The summed E-state index contributed by atoms with van der Waals surface area (Å²) in [6.45, 7) is 1.11. The van der Waals surface area contributed by atoms with Gasteiger partial charge in [0.2, 0.25) is 0 Å². The molecule has 5 heteroatoms. The molecule has 2 atom stereocenters. The molecule has 2 N–H and O–H groups in total. The van der Waals surface area contributed by atoms with Gasteiger partial charge in [0.15, 0.2) is 11.5 Å². The number of rotatable bonds is 5. The van der Waals surface area contributed by atoms with Crippen molar-refractivity contribution in [2.45, 2.75) is 19.1 Å². The number of likely N-dealkylation sites (tertiary alicyclic amines) is 1. The molecule has 112 valence electrons. The summed E-state index contributed by atoms with van der Waals surface area (Å²) in [6.07, 6.45) is 0.961. The van der Waals surface area contributed by atoms with Gasteiger partial charge in [-0.15, -0.1) is 0 Å². The Hall–Kier alpha value is -1.33. The van der Waals surface area contributed by atoms with Crippen molar-refractivity contribution in [1.82, 2.24) is 4.90 Å². The van der Waals surface area contributed by atoms with Crippen molar-refractivity contribution in [2.75, 3.05) is 34.4 Å². The molecule has 1 aromatic carbocycles. The van der Waals surface area contributed by atoms with E-state index in [1.54, 1.807) is 20.3 Å². The molecule has 1 aromatic rings. The minimum atomic E-state index is -0.510. The van der Waals surface area contributed by atoms with Crippen molar-refractivity contribution < 1.29 is 13.9 Å². The largest absolute Gasteiger partial charge is 0.493 e. The first-order valence-corrected chi connectivity index (χ1v) is 6.85. The minimum absolute atomic E-state index is 0.193. The van der Waals surface area contributed by atoms with Crippen molar-refractivity contribution in [3.05, 3.63) is 23.3 Å². The summed E-state index contributed by atoms with van der Waals surface area (Å²) in [6, 6.07) is 3.76. The van der Waals surface area contributed by atoms with Crippen LogP contribution in [0, 0.1) is 5.92 Å². The zero-order valence-electron chi connectivity index (χ0n) is 12.4. The van der Waals surface area contributed by atoms with Crippen LogP contribution >= 0.6 is 0 Å². The Balaban J connectivity index is 2.43. The number of alkyl halides is 1. The smallest absolute Gasteiger partial charge is 0.165 e. The second-order valence-electron chi connectivity index (χ2n) is 5.35. The summed E-state index contributed by atoms with van der Waals surface area (Å²) >= 11 is 0. The molecule has 0 saturated carbocycles. The van der Waals surface area contributed by atoms with Crippen LogP contribution in [0.4, 0.5) is 4.39 Å². The molecule has 0 spiro atoms. The summed E-state index contributed by atoms with van der Waals surface area (Å²) in [5.41, 5.74) is 7.37. The predicted molar refractivity (Wildman–Crippen MR) is 76.9 cm³/mol. The molecule has 1 aliphatic rings. The van der Waals surface area contributed by atoms with Crippen LogP contribution in [0.15, 0.2) is 12.1 Å². The SMILES string of the molecule is COc1cc(CF)cc(C2CC(CN)CN2C)c1OC. The third-order valence-corrected chi connectivity index (χ3v) is 4.05. The summed E-state index contributed by atoms with van der Waals surface area (Å²) in [5.74, 6) is 1.75. The Morgan fingerprint density at radius 3 is 2.60 bits per heavy atom. The second-order valence-corrected chi connectivity index (χ2v) is 5.35. The van der Waals surface area contributed by atoms with E-state index in [-0.39, 0.29) is 6.04 Å². The number of nitrogens with two attached hydrogens (primary N) is 1. The topological polar surface area (TPSA) is 47.7 Å². The van der Waals surface area contributed by atoms with Gasteiger partial charge < -0.3 is 15.2 Å². The van der Waals surface area contributed by atoms with Crippen molar-refractivity contribution in [3.63, 3.8) is 0 Å². The van der Waals surface area contributed by atoms with Crippen LogP contribution in [0.2, 0.25) is 0 Å². The van der Waals surface area contributed by atoms with E-state index >= 15 is 0 Å². The first kappa shape index (κ1) is 15.1. The highest BCUT2D eigenvalue weighted by Crippen LogP contribution is 2.43. The number of hydrogen-bond acceptors (Lipinski definition) is 4. The standard InChI is InChI=1S/C15H23FN2O2/c1-18-9-11(8-17)5-13(18)12-4-10(7-16)6-14(19-2)15(12)20-3/h4,6,11,13H,5,7-9,17H2,1-3H3. The van der Waals surface area contributed by atoms with Gasteiger partial charge in [0.05, 0.1) is 14.2 Å². The van der Waals surface area contributed by atoms with Gasteiger partial charge in [-0.1, -0.05) is 0 Å². The fraction of sp³-hybridized carbons (Fsp3) is 0.600. The maximum absolute atomic E-state index is 13.1. The van der Waals surface area contributed by atoms with Crippen LogP contribution in [0.3, 0.4) is 0 Å². The lowest BCUT2D eigenvalue weighted by Crippen LogP contribution is -2.21. The molecular weight excluding hydrogens is 259 g/mol. The van der Waals surface area contributed by atoms with Gasteiger partial charge in [-0.3, -0.25) is 4.90 Å². The first-order valence-electron chi connectivity index (χ1n) is 6.85. The van der Waals surface area contributed by atoms with Gasteiger partial charge >= 0.3 is 0 Å². The van der Waals surface area contributed by atoms with Gasteiger partial charge in [-0.2, -0.15) is 0 Å². The van der Waals surface area contributed by atoms with E-state index in [0.717, 1.165) is 18.5 Å². The molecule has 0 aromatic heterocycles. The number of benzene rings is 1. The Kier molecular flexibility index (Phi) is 4.83. The quantitative estimate of drug-likeness (QED) is 0.898. The Labute approximate surface area is 119 Å². The lowest BCUT2D eigenvalue weighted by molar-refractivity contribution is 0.295.